The number of azo groups is 1. The zero-order valence-electron chi connectivity index (χ0n) is 12.9. The minimum absolute atomic E-state index is 0.0985. The first kappa shape index (κ1) is 16.5. The van der Waals surface area contributed by atoms with Crippen LogP contribution >= 0.6 is 0 Å². The molecule has 0 spiro atoms. The third-order valence-electron chi connectivity index (χ3n) is 4.96. The molecule has 0 saturated heterocycles. The van der Waals surface area contributed by atoms with Gasteiger partial charge in [0.15, 0.2) is 11.7 Å². The Morgan fingerprint density at radius 2 is 0.955 bits per heavy atom. The third-order valence-corrected chi connectivity index (χ3v) is 4.96. The fourth-order valence-electron chi connectivity index (χ4n) is 3.47. The molecule has 8 heteroatoms. The SMILES string of the molecule is NC(=NO)C1(N=NC2(C(N)=NO)CCCCC2)CCCCC1. The predicted molar refractivity (Wildman–Crippen MR) is 83.3 cm³/mol. The molecule has 2 rings (SSSR count). The number of amidine groups is 2. The number of rotatable bonds is 4. The summed E-state index contributed by atoms with van der Waals surface area (Å²) in [5, 5.41) is 33.5. The van der Waals surface area contributed by atoms with Gasteiger partial charge in [0.1, 0.15) is 11.1 Å². The van der Waals surface area contributed by atoms with E-state index in [1.165, 1.54) is 0 Å². The van der Waals surface area contributed by atoms with E-state index in [0.717, 1.165) is 38.5 Å². The first-order valence-corrected chi connectivity index (χ1v) is 7.99. The van der Waals surface area contributed by atoms with Gasteiger partial charge in [-0.15, -0.1) is 0 Å². The highest BCUT2D eigenvalue weighted by Gasteiger charge is 2.41. The summed E-state index contributed by atoms with van der Waals surface area (Å²) in [5.41, 5.74) is 10.3. The van der Waals surface area contributed by atoms with Crippen LogP contribution < -0.4 is 11.5 Å². The minimum atomic E-state index is -0.757. The molecule has 0 radical (unpaired) electrons. The molecule has 0 aromatic heterocycles. The van der Waals surface area contributed by atoms with E-state index in [2.05, 4.69) is 20.5 Å². The Hall–Kier alpha value is -1.86. The standard InChI is InChI=1S/C14H26N6O2/c15-11(17-21)13(7-3-1-4-8-13)19-20-14(12(16)18-22)9-5-2-6-10-14/h21-22H,1-10H2,(H2,15,17)(H2,16,18). The molecule has 2 fully saturated rings. The van der Waals surface area contributed by atoms with Gasteiger partial charge in [0, 0.05) is 0 Å². The molecular weight excluding hydrogens is 284 g/mol. The van der Waals surface area contributed by atoms with Gasteiger partial charge in [0.2, 0.25) is 0 Å². The van der Waals surface area contributed by atoms with Crippen molar-refractivity contribution in [1.29, 1.82) is 0 Å². The fourth-order valence-corrected chi connectivity index (χ4v) is 3.47. The lowest BCUT2D eigenvalue weighted by atomic mass is 9.80. The monoisotopic (exact) mass is 310 g/mol. The Morgan fingerprint density at radius 3 is 1.23 bits per heavy atom. The molecule has 0 unspecified atom stereocenters. The molecule has 0 aromatic rings. The molecular formula is C14H26N6O2. The van der Waals surface area contributed by atoms with Crippen molar-refractivity contribution in [2.24, 2.45) is 32.0 Å². The Kier molecular flexibility index (Phi) is 5.20. The van der Waals surface area contributed by atoms with Gasteiger partial charge in [-0.2, -0.15) is 10.2 Å². The second-order valence-electron chi connectivity index (χ2n) is 6.35. The van der Waals surface area contributed by atoms with E-state index in [1.807, 2.05) is 0 Å². The molecule has 2 saturated carbocycles. The van der Waals surface area contributed by atoms with Crippen LogP contribution in [0.1, 0.15) is 64.2 Å². The summed E-state index contributed by atoms with van der Waals surface area (Å²) in [6.07, 6.45) is 8.91. The lowest BCUT2D eigenvalue weighted by Crippen LogP contribution is -2.47. The van der Waals surface area contributed by atoms with Gasteiger partial charge in [0.05, 0.1) is 0 Å². The van der Waals surface area contributed by atoms with Gasteiger partial charge in [0.25, 0.3) is 0 Å². The quantitative estimate of drug-likeness (QED) is 0.208. The summed E-state index contributed by atoms with van der Waals surface area (Å²) in [6, 6.07) is 0. The molecule has 0 heterocycles. The van der Waals surface area contributed by atoms with E-state index < -0.39 is 11.1 Å². The van der Waals surface area contributed by atoms with E-state index in [4.69, 9.17) is 21.9 Å². The van der Waals surface area contributed by atoms with E-state index in [0.29, 0.717) is 25.7 Å². The third kappa shape index (κ3) is 3.15. The Morgan fingerprint density at radius 1 is 0.636 bits per heavy atom. The Bertz CT molecular complexity index is 420. The largest absolute Gasteiger partial charge is 0.409 e. The summed E-state index contributed by atoms with van der Waals surface area (Å²) in [4.78, 5) is 0. The van der Waals surface area contributed by atoms with Gasteiger partial charge in [-0.3, -0.25) is 0 Å². The molecule has 124 valence electrons. The van der Waals surface area contributed by atoms with Crippen LogP contribution in [0.25, 0.3) is 0 Å². The summed E-state index contributed by atoms with van der Waals surface area (Å²) in [5.74, 6) is 0.197. The van der Waals surface area contributed by atoms with Crippen molar-refractivity contribution in [3.05, 3.63) is 0 Å². The number of nitrogens with two attached hydrogens (primary N) is 2. The van der Waals surface area contributed by atoms with Crippen molar-refractivity contribution in [3.63, 3.8) is 0 Å². The molecule has 22 heavy (non-hydrogen) atoms. The summed E-state index contributed by atoms with van der Waals surface area (Å²) in [7, 11) is 0. The second-order valence-corrected chi connectivity index (χ2v) is 6.35. The second kappa shape index (κ2) is 6.93. The molecule has 0 amide bonds. The smallest absolute Gasteiger partial charge is 0.169 e. The van der Waals surface area contributed by atoms with E-state index in [1.54, 1.807) is 0 Å². The first-order chi connectivity index (χ1) is 10.6. The zero-order valence-corrected chi connectivity index (χ0v) is 12.9. The van der Waals surface area contributed by atoms with Crippen molar-refractivity contribution in [1.82, 2.24) is 0 Å². The van der Waals surface area contributed by atoms with Gasteiger partial charge < -0.3 is 21.9 Å². The Balaban J connectivity index is 2.31. The van der Waals surface area contributed by atoms with E-state index in [9.17, 15) is 0 Å². The molecule has 0 atom stereocenters. The molecule has 8 nitrogen and oxygen atoms in total. The lowest BCUT2D eigenvalue weighted by molar-refractivity contribution is 0.282. The number of oxime groups is 2. The first-order valence-electron chi connectivity index (χ1n) is 7.99. The van der Waals surface area contributed by atoms with Crippen LogP contribution in [0.15, 0.2) is 20.5 Å². The van der Waals surface area contributed by atoms with Crippen molar-refractivity contribution in [3.8, 4) is 0 Å². The van der Waals surface area contributed by atoms with Crippen molar-refractivity contribution < 1.29 is 10.4 Å². The molecule has 0 bridgehead atoms. The highest BCUT2D eigenvalue weighted by Crippen LogP contribution is 2.37. The van der Waals surface area contributed by atoms with Crippen LogP contribution in [0.4, 0.5) is 0 Å². The maximum absolute atomic E-state index is 9.08. The average molecular weight is 310 g/mol. The summed E-state index contributed by atoms with van der Waals surface area (Å²) >= 11 is 0. The minimum Gasteiger partial charge on any atom is -0.409 e. The molecule has 0 aromatic carbocycles. The predicted octanol–water partition coefficient (Wildman–Crippen LogP) is 2.34. The highest BCUT2D eigenvalue weighted by atomic mass is 16.4. The molecule has 6 N–H and O–H groups in total. The maximum Gasteiger partial charge on any atom is 0.169 e. The number of hydrogen-bond donors (Lipinski definition) is 4. The van der Waals surface area contributed by atoms with E-state index in [-0.39, 0.29) is 11.7 Å². The maximum atomic E-state index is 9.08. The van der Waals surface area contributed by atoms with Gasteiger partial charge in [-0.25, -0.2) is 0 Å². The van der Waals surface area contributed by atoms with Gasteiger partial charge in [-0.05, 0) is 25.7 Å². The highest BCUT2D eigenvalue weighted by molar-refractivity contribution is 5.91. The normalized spacial score (nSPS) is 26.2. The molecule has 2 aliphatic carbocycles. The van der Waals surface area contributed by atoms with Crippen LogP contribution in [0.5, 0.6) is 0 Å². The number of hydrogen-bond acceptors (Lipinski definition) is 6. The van der Waals surface area contributed by atoms with Crippen LogP contribution in [0.3, 0.4) is 0 Å². The van der Waals surface area contributed by atoms with Crippen molar-refractivity contribution >= 4 is 11.7 Å². The van der Waals surface area contributed by atoms with Crippen LogP contribution in [-0.4, -0.2) is 33.2 Å². The van der Waals surface area contributed by atoms with Crippen molar-refractivity contribution in [2.45, 2.75) is 75.3 Å². The average Bonchev–Trinajstić information content (AvgIpc) is 2.60. The zero-order chi connectivity index (χ0) is 16.1. The molecule has 2 aliphatic rings. The summed E-state index contributed by atoms with van der Waals surface area (Å²) < 4.78 is 0. The van der Waals surface area contributed by atoms with Gasteiger partial charge >= 0.3 is 0 Å². The van der Waals surface area contributed by atoms with Crippen molar-refractivity contribution in [2.75, 3.05) is 0 Å². The van der Waals surface area contributed by atoms with Gasteiger partial charge in [-0.1, -0.05) is 48.8 Å². The lowest BCUT2D eigenvalue weighted by Gasteiger charge is -2.35. The molecule has 0 aliphatic heterocycles. The fraction of sp³-hybridized carbons (Fsp3) is 0.857. The topological polar surface area (TPSA) is 142 Å². The van der Waals surface area contributed by atoms with Crippen LogP contribution in [0.2, 0.25) is 0 Å². The number of nitrogens with zero attached hydrogens (tertiary/aromatic N) is 4. The summed E-state index contributed by atoms with van der Waals surface area (Å²) in [6.45, 7) is 0. The van der Waals surface area contributed by atoms with Crippen LogP contribution in [0, 0.1) is 0 Å². The van der Waals surface area contributed by atoms with E-state index >= 15 is 0 Å². The van der Waals surface area contributed by atoms with Crippen LogP contribution in [-0.2, 0) is 0 Å². The Labute approximate surface area is 130 Å².